The number of hydrogen-bond acceptors (Lipinski definition) is 4. The molecule has 2 unspecified atom stereocenters. The van der Waals surface area contributed by atoms with Crippen LogP contribution in [0.25, 0.3) is 0 Å². The Morgan fingerprint density at radius 2 is 1.81 bits per heavy atom. The van der Waals surface area contributed by atoms with Crippen molar-refractivity contribution in [2.24, 2.45) is 0 Å². The highest BCUT2D eigenvalue weighted by Gasteiger charge is 2.21. The molecule has 0 spiro atoms. The molecule has 4 nitrogen and oxygen atoms in total. The second kappa shape index (κ2) is 7.87. The molecule has 2 atom stereocenters. The van der Waals surface area contributed by atoms with Crippen molar-refractivity contribution < 1.29 is 17.9 Å². The number of aliphatic hydroxyl groups excluding tert-OH is 1. The number of hydrogen-bond donors (Lipinski definition) is 1. The van der Waals surface area contributed by atoms with E-state index in [1.807, 2.05) is 18.7 Å². The highest BCUT2D eigenvalue weighted by atomic mass is 32.2. The topological polar surface area (TPSA) is 57.6 Å². The fourth-order valence-corrected chi connectivity index (χ4v) is 3.41. The summed E-state index contributed by atoms with van der Waals surface area (Å²) in [7, 11) is -3.05. The van der Waals surface area contributed by atoms with Crippen LogP contribution in [-0.2, 0) is 9.84 Å². The minimum atomic E-state index is -3.05. The molecule has 0 aromatic heterocycles. The van der Waals surface area contributed by atoms with Crippen molar-refractivity contribution in [3.63, 3.8) is 0 Å². The van der Waals surface area contributed by atoms with Crippen LogP contribution in [0.2, 0.25) is 0 Å². The molecule has 1 rings (SSSR count). The van der Waals surface area contributed by atoms with Crippen molar-refractivity contribution in [2.75, 3.05) is 24.6 Å². The largest absolute Gasteiger partial charge is 0.387 e. The summed E-state index contributed by atoms with van der Waals surface area (Å²) < 4.78 is 36.3. The molecule has 21 heavy (non-hydrogen) atoms. The van der Waals surface area contributed by atoms with Gasteiger partial charge in [0.05, 0.1) is 11.9 Å². The first-order valence-electron chi connectivity index (χ1n) is 7.17. The van der Waals surface area contributed by atoms with Crippen LogP contribution in [0.3, 0.4) is 0 Å². The molecule has 0 saturated heterocycles. The number of likely N-dealkylation sites (N-methyl/N-ethyl adjacent to an activating group) is 1. The molecular weight excluding hydrogens is 293 g/mol. The summed E-state index contributed by atoms with van der Waals surface area (Å²) in [4.78, 5) is 1.92. The summed E-state index contributed by atoms with van der Waals surface area (Å²) in [5, 5.41) is 10.2. The van der Waals surface area contributed by atoms with Gasteiger partial charge in [-0.15, -0.1) is 0 Å². The van der Waals surface area contributed by atoms with Crippen LogP contribution in [0.4, 0.5) is 4.39 Å². The van der Waals surface area contributed by atoms with E-state index in [0.717, 1.165) is 0 Å². The van der Waals surface area contributed by atoms with Crippen LogP contribution < -0.4 is 0 Å². The third-order valence-electron chi connectivity index (χ3n) is 3.63. The van der Waals surface area contributed by atoms with Gasteiger partial charge in [-0.1, -0.05) is 26.0 Å². The normalized spacial score (nSPS) is 15.1. The van der Waals surface area contributed by atoms with Gasteiger partial charge in [-0.3, -0.25) is 4.90 Å². The molecule has 1 aromatic carbocycles. The van der Waals surface area contributed by atoms with Gasteiger partial charge in [0.2, 0.25) is 0 Å². The first-order chi connectivity index (χ1) is 9.79. The van der Waals surface area contributed by atoms with E-state index in [-0.39, 0.29) is 23.4 Å². The first-order valence-corrected chi connectivity index (χ1v) is 8.99. The molecule has 0 radical (unpaired) electrons. The maximum atomic E-state index is 12.9. The van der Waals surface area contributed by atoms with Crippen LogP contribution in [0.1, 0.15) is 32.4 Å². The lowest BCUT2D eigenvalue weighted by Gasteiger charge is -2.29. The van der Waals surface area contributed by atoms with Gasteiger partial charge in [-0.2, -0.15) is 0 Å². The molecule has 0 saturated carbocycles. The standard InChI is InChI=1S/C15H24FNO3S/c1-4-17(12(3)11-21(19,20)5-2)10-15(18)13-6-8-14(16)9-7-13/h6-9,12,15,18H,4-5,10-11H2,1-3H3. The molecule has 0 amide bonds. The van der Waals surface area contributed by atoms with Crippen molar-refractivity contribution >= 4 is 9.84 Å². The van der Waals surface area contributed by atoms with Gasteiger partial charge in [-0.05, 0) is 31.2 Å². The average molecular weight is 317 g/mol. The molecule has 1 aromatic rings. The Morgan fingerprint density at radius 1 is 1.24 bits per heavy atom. The molecule has 120 valence electrons. The molecule has 6 heteroatoms. The Balaban J connectivity index is 2.70. The van der Waals surface area contributed by atoms with Crippen molar-refractivity contribution in [1.29, 1.82) is 0 Å². The van der Waals surface area contributed by atoms with Gasteiger partial charge >= 0.3 is 0 Å². The molecule has 0 heterocycles. The van der Waals surface area contributed by atoms with Gasteiger partial charge < -0.3 is 5.11 Å². The summed E-state index contributed by atoms with van der Waals surface area (Å²) in [6.07, 6.45) is -0.766. The Labute approximate surface area is 126 Å². The Kier molecular flexibility index (Phi) is 6.77. The van der Waals surface area contributed by atoms with Crippen LogP contribution in [0.5, 0.6) is 0 Å². The van der Waals surface area contributed by atoms with E-state index in [4.69, 9.17) is 0 Å². The number of aliphatic hydroxyl groups is 1. The highest BCUT2D eigenvalue weighted by molar-refractivity contribution is 7.91. The summed E-state index contributed by atoms with van der Waals surface area (Å²) in [6.45, 7) is 6.35. The van der Waals surface area contributed by atoms with Crippen LogP contribution in [0, 0.1) is 5.82 Å². The molecule has 0 fully saturated rings. The van der Waals surface area contributed by atoms with E-state index < -0.39 is 15.9 Å². The summed E-state index contributed by atoms with van der Waals surface area (Å²) in [6, 6.07) is 5.53. The van der Waals surface area contributed by atoms with E-state index >= 15 is 0 Å². The summed E-state index contributed by atoms with van der Waals surface area (Å²) >= 11 is 0. The fraction of sp³-hybridized carbons (Fsp3) is 0.600. The van der Waals surface area contributed by atoms with Crippen molar-refractivity contribution in [1.82, 2.24) is 4.90 Å². The quantitative estimate of drug-likeness (QED) is 0.797. The minimum absolute atomic E-state index is 0.0769. The summed E-state index contributed by atoms with van der Waals surface area (Å²) in [5.41, 5.74) is 0.625. The maximum Gasteiger partial charge on any atom is 0.151 e. The van der Waals surface area contributed by atoms with Gasteiger partial charge in [0.1, 0.15) is 5.82 Å². The monoisotopic (exact) mass is 317 g/mol. The fourth-order valence-electron chi connectivity index (χ4n) is 2.22. The zero-order chi connectivity index (χ0) is 16.0. The van der Waals surface area contributed by atoms with Gasteiger partial charge in [0, 0.05) is 18.3 Å². The smallest absolute Gasteiger partial charge is 0.151 e. The van der Waals surface area contributed by atoms with E-state index in [1.54, 1.807) is 19.1 Å². The van der Waals surface area contributed by atoms with E-state index in [1.165, 1.54) is 12.1 Å². The molecule has 0 aliphatic carbocycles. The predicted molar refractivity (Wildman–Crippen MR) is 82.4 cm³/mol. The van der Waals surface area contributed by atoms with Crippen LogP contribution in [-0.4, -0.2) is 49.1 Å². The third kappa shape index (κ3) is 5.73. The minimum Gasteiger partial charge on any atom is -0.387 e. The van der Waals surface area contributed by atoms with Crippen LogP contribution >= 0.6 is 0 Å². The van der Waals surface area contributed by atoms with Gasteiger partial charge in [0.25, 0.3) is 0 Å². The lowest BCUT2D eigenvalue weighted by Crippen LogP contribution is -2.40. The number of benzene rings is 1. The second-order valence-corrected chi connectivity index (χ2v) is 7.60. The van der Waals surface area contributed by atoms with E-state index in [0.29, 0.717) is 18.7 Å². The molecular formula is C15H24FNO3S. The third-order valence-corrected chi connectivity index (χ3v) is 5.50. The zero-order valence-corrected chi connectivity index (χ0v) is 13.6. The van der Waals surface area contributed by atoms with Crippen molar-refractivity contribution in [2.45, 2.75) is 32.9 Å². The lowest BCUT2D eigenvalue weighted by molar-refractivity contribution is 0.0997. The highest BCUT2D eigenvalue weighted by Crippen LogP contribution is 2.16. The number of sulfone groups is 1. The summed E-state index contributed by atoms with van der Waals surface area (Å²) in [5.74, 6) is -0.149. The van der Waals surface area contributed by atoms with Crippen molar-refractivity contribution in [3.05, 3.63) is 35.6 Å². The SMILES string of the molecule is CCN(CC(O)c1ccc(F)cc1)C(C)CS(=O)(=O)CC. The first kappa shape index (κ1) is 18.1. The molecule has 0 bridgehead atoms. The second-order valence-electron chi connectivity index (χ2n) is 5.20. The van der Waals surface area contributed by atoms with Gasteiger partial charge in [-0.25, -0.2) is 12.8 Å². The average Bonchev–Trinajstić information content (AvgIpc) is 2.44. The predicted octanol–water partition coefficient (Wildman–Crippen LogP) is 2.00. The van der Waals surface area contributed by atoms with E-state index in [9.17, 15) is 17.9 Å². The van der Waals surface area contributed by atoms with Crippen molar-refractivity contribution in [3.8, 4) is 0 Å². The lowest BCUT2D eigenvalue weighted by atomic mass is 10.1. The maximum absolute atomic E-state index is 12.9. The molecule has 0 aliphatic heterocycles. The Morgan fingerprint density at radius 3 is 2.29 bits per heavy atom. The zero-order valence-electron chi connectivity index (χ0n) is 12.8. The number of rotatable bonds is 8. The van der Waals surface area contributed by atoms with Crippen LogP contribution in [0.15, 0.2) is 24.3 Å². The molecule has 1 N–H and O–H groups in total. The number of halogens is 1. The van der Waals surface area contributed by atoms with Gasteiger partial charge in [0.15, 0.2) is 9.84 Å². The number of nitrogens with zero attached hydrogens (tertiary/aromatic N) is 1. The van der Waals surface area contributed by atoms with E-state index in [2.05, 4.69) is 0 Å². The Hall–Kier alpha value is -0.980. The Bertz CT molecular complexity index is 530. The molecule has 0 aliphatic rings.